The minimum Gasteiger partial charge on any atom is -0.278 e. The summed E-state index contributed by atoms with van der Waals surface area (Å²) in [5, 5.41) is 0. The average Bonchev–Trinajstić information content (AvgIpc) is 2.18. The lowest BCUT2D eigenvalue weighted by atomic mass is 10.0. The Morgan fingerprint density at radius 2 is 1.93 bits per heavy atom. The van der Waals surface area contributed by atoms with E-state index in [0.717, 1.165) is 5.56 Å². The van der Waals surface area contributed by atoms with Crippen molar-refractivity contribution >= 4 is 16.4 Å². The van der Waals surface area contributed by atoms with Crippen LogP contribution in [0.1, 0.15) is 18.4 Å². The second kappa shape index (κ2) is 4.93. The molecule has 82 valence electrons. The third-order valence-electron chi connectivity index (χ3n) is 2.07. The SMILES string of the molecule is CC(CS(=O)(=O)NC=O)c1ccccc1. The van der Waals surface area contributed by atoms with Gasteiger partial charge in [0.05, 0.1) is 5.75 Å². The lowest BCUT2D eigenvalue weighted by molar-refractivity contribution is -0.108. The highest BCUT2D eigenvalue weighted by Crippen LogP contribution is 2.15. The maximum atomic E-state index is 11.3. The van der Waals surface area contributed by atoms with E-state index in [-0.39, 0.29) is 18.1 Å². The van der Waals surface area contributed by atoms with Gasteiger partial charge < -0.3 is 0 Å². The summed E-state index contributed by atoms with van der Waals surface area (Å²) < 4.78 is 24.4. The maximum absolute atomic E-state index is 11.3. The van der Waals surface area contributed by atoms with Crippen LogP contribution in [-0.2, 0) is 14.8 Å². The van der Waals surface area contributed by atoms with Gasteiger partial charge in [-0.15, -0.1) is 0 Å². The molecule has 0 aromatic heterocycles. The summed E-state index contributed by atoms with van der Waals surface area (Å²) in [5.74, 6) is -0.223. The first-order chi connectivity index (χ1) is 7.05. The lowest BCUT2D eigenvalue weighted by Gasteiger charge is -2.11. The second-order valence-electron chi connectivity index (χ2n) is 3.33. The molecule has 1 amide bonds. The van der Waals surface area contributed by atoms with E-state index in [4.69, 9.17) is 0 Å². The summed E-state index contributed by atoms with van der Waals surface area (Å²) >= 11 is 0. The van der Waals surface area contributed by atoms with Crippen LogP contribution in [0.3, 0.4) is 0 Å². The van der Waals surface area contributed by atoms with Crippen molar-refractivity contribution in [1.82, 2.24) is 4.72 Å². The summed E-state index contributed by atoms with van der Waals surface area (Å²) in [7, 11) is -3.50. The zero-order chi connectivity index (χ0) is 11.3. The fourth-order valence-corrected chi connectivity index (χ4v) is 2.42. The topological polar surface area (TPSA) is 63.2 Å². The van der Waals surface area contributed by atoms with Crippen LogP contribution in [0.5, 0.6) is 0 Å². The summed E-state index contributed by atoms with van der Waals surface area (Å²) in [6.07, 6.45) is 0.188. The van der Waals surface area contributed by atoms with Crippen LogP contribution in [0, 0.1) is 0 Å². The molecule has 1 rings (SSSR count). The Hall–Kier alpha value is -1.36. The van der Waals surface area contributed by atoms with E-state index in [2.05, 4.69) is 0 Å². The van der Waals surface area contributed by atoms with Gasteiger partial charge in [0.1, 0.15) is 0 Å². The third-order valence-corrected chi connectivity index (χ3v) is 3.46. The smallest absolute Gasteiger partial charge is 0.235 e. The lowest BCUT2D eigenvalue weighted by Crippen LogP contribution is -2.27. The first-order valence-corrected chi connectivity index (χ1v) is 6.19. The molecule has 0 fully saturated rings. The van der Waals surface area contributed by atoms with E-state index in [1.807, 2.05) is 35.1 Å². The average molecular weight is 227 g/mol. The molecule has 1 aromatic rings. The fraction of sp³-hybridized carbons (Fsp3) is 0.300. The molecule has 0 aliphatic rings. The highest BCUT2D eigenvalue weighted by atomic mass is 32.2. The Bertz CT molecular complexity index is 414. The summed E-state index contributed by atoms with van der Waals surface area (Å²) in [4.78, 5) is 10.0. The van der Waals surface area contributed by atoms with E-state index < -0.39 is 10.0 Å². The van der Waals surface area contributed by atoms with Crippen molar-refractivity contribution in [3.63, 3.8) is 0 Å². The number of rotatable bonds is 5. The monoisotopic (exact) mass is 227 g/mol. The molecule has 15 heavy (non-hydrogen) atoms. The molecule has 5 heteroatoms. The van der Waals surface area contributed by atoms with Gasteiger partial charge in [-0.05, 0) is 11.5 Å². The second-order valence-corrected chi connectivity index (χ2v) is 5.13. The van der Waals surface area contributed by atoms with Gasteiger partial charge in [0.25, 0.3) is 0 Å². The van der Waals surface area contributed by atoms with E-state index in [0.29, 0.717) is 0 Å². The molecule has 1 N–H and O–H groups in total. The van der Waals surface area contributed by atoms with E-state index in [9.17, 15) is 13.2 Å². The van der Waals surface area contributed by atoms with E-state index >= 15 is 0 Å². The van der Waals surface area contributed by atoms with Crippen molar-refractivity contribution in [2.24, 2.45) is 0 Å². The molecular weight excluding hydrogens is 214 g/mol. The predicted molar refractivity (Wildman–Crippen MR) is 57.8 cm³/mol. The standard InChI is InChI=1S/C10H13NO3S/c1-9(7-15(13,14)11-8-12)10-5-3-2-4-6-10/h2-6,8-9H,7H2,1H3,(H,11,12). The molecule has 0 saturated heterocycles. The fourth-order valence-electron chi connectivity index (χ4n) is 1.33. The first kappa shape index (κ1) is 11.7. The normalized spacial score (nSPS) is 13.1. The van der Waals surface area contributed by atoms with E-state index in [1.165, 1.54) is 0 Å². The van der Waals surface area contributed by atoms with Crippen LogP contribution in [0.15, 0.2) is 30.3 Å². The number of carbonyl (C=O) groups excluding carboxylic acids is 1. The zero-order valence-electron chi connectivity index (χ0n) is 8.38. The molecule has 4 nitrogen and oxygen atoms in total. The van der Waals surface area contributed by atoms with Crippen LogP contribution < -0.4 is 4.72 Å². The van der Waals surface area contributed by atoms with Crippen molar-refractivity contribution in [2.45, 2.75) is 12.8 Å². The Morgan fingerprint density at radius 1 is 1.33 bits per heavy atom. The Kier molecular flexibility index (Phi) is 3.85. The number of carbonyl (C=O) groups is 1. The largest absolute Gasteiger partial charge is 0.278 e. The molecule has 0 aliphatic heterocycles. The number of benzene rings is 1. The van der Waals surface area contributed by atoms with Crippen LogP contribution >= 0.6 is 0 Å². The number of hydrogen-bond acceptors (Lipinski definition) is 3. The number of amides is 1. The van der Waals surface area contributed by atoms with Crippen LogP contribution in [-0.4, -0.2) is 20.6 Å². The molecule has 0 heterocycles. The van der Waals surface area contributed by atoms with Gasteiger partial charge in [-0.2, -0.15) is 0 Å². The third kappa shape index (κ3) is 3.71. The summed E-state index contributed by atoms with van der Waals surface area (Å²) in [6, 6.07) is 9.30. The molecule has 1 unspecified atom stereocenters. The van der Waals surface area contributed by atoms with Gasteiger partial charge >= 0.3 is 0 Å². The molecule has 0 spiro atoms. The quantitative estimate of drug-likeness (QED) is 0.759. The predicted octanol–water partition coefficient (Wildman–Crippen LogP) is 0.866. The number of sulfonamides is 1. The highest BCUT2D eigenvalue weighted by molar-refractivity contribution is 7.89. The van der Waals surface area contributed by atoms with Crippen molar-refractivity contribution in [1.29, 1.82) is 0 Å². The van der Waals surface area contributed by atoms with Gasteiger partial charge in [-0.25, -0.2) is 8.42 Å². The number of nitrogens with one attached hydrogen (secondary N) is 1. The van der Waals surface area contributed by atoms with Crippen LogP contribution in [0.2, 0.25) is 0 Å². The Balaban J connectivity index is 2.72. The molecule has 0 saturated carbocycles. The van der Waals surface area contributed by atoms with Crippen LogP contribution in [0.4, 0.5) is 0 Å². The molecular formula is C10H13NO3S. The minimum absolute atomic E-state index is 0.0875. The summed E-state index contributed by atoms with van der Waals surface area (Å²) in [5.41, 5.74) is 0.939. The van der Waals surface area contributed by atoms with Crippen molar-refractivity contribution in [2.75, 3.05) is 5.75 Å². The van der Waals surface area contributed by atoms with Crippen molar-refractivity contribution in [3.8, 4) is 0 Å². The summed E-state index contributed by atoms with van der Waals surface area (Å²) in [6.45, 7) is 1.80. The Morgan fingerprint density at radius 3 is 2.47 bits per heavy atom. The van der Waals surface area contributed by atoms with Gasteiger partial charge in [0.15, 0.2) is 0 Å². The van der Waals surface area contributed by atoms with Gasteiger partial charge in [-0.3, -0.25) is 9.52 Å². The molecule has 1 aromatic carbocycles. The number of hydrogen-bond donors (Lipinski definition) is 1. The molecule has 1 atom stereocenters. The zero-order valence-corrected chi connectivity index (χ0v) is 9.20. The van der Waals surface area contributed by atoms with E-state index in [1.54, 1.807) is 6.92 Å². The van der Waals surface area contributed by atoms with Gasteiger partial charge in [-0.1, -0.05) is 37.3 Å². The maximum Gasteiger partial charge on any atom is 0.235 e. The highest BCUT2D eigenvalue weighted by Gasteiger charge is 2.15. The van der Waals surface area contributed by atoms with Gasteiger partial charge in [0, 0.05) is 0 Å². The minimum atomic E-state index is -3.50. The molecule has 0 aliphatic carbocycles. The molecule has 0 bridgehead atoms. The Labute approximate surface area is 89.4 Å². The first-order valence-electron chi connectivity index (χ1n) is 4.54. The van der Waals surface area contributed by atoms with Crippen molar-refractivity contribution < 1.29 is 13.2 Å². The van der Waals surface area contributed by atoms with Crippen LogP contribution in [0.25, 0.3) is 0 Å². The van der Waals surface area contributed by atoms with Gasteiger partial charge in [0.2, 0.25) is 16.4 Å². The van der Waals surface area contributed by atoms with Crippen molar-refractivity contribution in [3.05, 3.63) is 35.9 Å². The molecule has 0 radical (unpaired) electrons.